The highest BCUT2D eigenvalue weighted by atomic mass is 19.4. The van der Waals surface area contributed by atoms with Gasteiger partial charge in [-0.1, -0.05) is 0 Å². The van der Waals surface area contributed by atoms with Gasteiger partial charge in [0.05, 0.1) is 0 Å². The summed E-state index contributed by atoms with van der Waals surface area (Å²) < 4.78 is 37.6. The SMILES string of the molecule is NNc1nc(NCC(F)(F)F)nc(-n2cccn2)n1. The van der Waals surface area contributed by atoms with Gasteiger partial charge in [0, 0.05) is 12.4 Å². The molecule has 8 nitrogen and oxygen atoms in total. The number of nitrogens with zero attached hydrogens (tertiary/aromatic N) is 5. The van der Waals surface area contributed by atoms with Gasteiger partial charge >= 0.3 is 6.18 Å². The van der Waals surface area contributed by atoms with Crippen LogP contribution >= 0.6 is 0 Å². The lowest BCUT2D eigenvalue weighted by Gasteiger charge is -2.10. The van der Waals surface area contributed by atoms with Crippen molar-refractivity contribution in [1.82, 2.24) is 24.7 Å². The summed E-state index contributed by atoms with van der Waals surface area (Å²) in [5.41, 5.74) is 2.14. The molecule has 11 heteroatoms. The molecule has 19 heavy (non-hydrogen) atoms. The van der Waals surface area contributed by atoms with E-state index in [0.717, 1.165) is 0 Å². The first-order valence-electron chi connectivity index (χ1n) is 5.01. The summed E-state index contributed by atoms with van der Waals surface area (Å²) in [4.78, 5) is 11.3. The molecule has 2 aromatic heterocycles. The van der Waals surface area contributed by atoms with Crippen LogP contribution < -0.4 is 16.6 Å². The van der Waals surface area contributed by atoms with Gasteiger partial charge in [0.25, 0.3) is 5.95 Å². The monoisotopic (exact) mass is 274 g/mol. The summed E-state index contributed by atoms with van der Waals surface area (Å²) in [5, 5.41) is 5.89. The van der Waals surface area contributed by atoms with Gasteiger partial charge in [0.15, 0.2) is 0 Å². The highest BCUT2D eigenvalue weighted by Gasteiger charge is 2.27. The van der Waals surface area contributed by atoms with Crippen molar-refractivity contribution in [3.05, 3.63) is 18.5 Å². The number of nitrogen functional groups attached to an aromatic ring is 1. The summed E-state index contributed by atoms with van der Waals surface area (Å²) in [6, 6.07) is 1.61. The summed E-state index contributed by atoms with van der Waals surface area (Å²) in [6.07, 6.45) is -1.37. The number of hydrogen-bond donors (Lipinski definition) is 3. The molecule has 0 aliphatic heterocycles. The number of hydrazine groups is 1. The Morgan fingerprint density at radius 3 is 2.53 bits per heavy atom. The Bertz CT molecular complexity index is 537. The van der Waals surface area contributed by atoms with Crippen LogP contribution in [0.25, 0.3) is 5.95 Å². The molecule has 0 aliphatic rings. The number of alkyl halides is 3. The molecule has 102 valence electrons. The van der Waals surface area contributed by atoms with Crippen LogP contribution in [0.15, 0.2) is 18.5 Å². The number of halogens is 3. The molecule has 0 amide bonds. The lowest BCUT2D eigenvalue weighted by molar-refractivity contribution is -0.115. The third-order valence-corrected chi connectivity index (χ3v) is 1.91. The van der Waals surface area contributed by atoms with Crippen molar-refractivity contribution in [3.63, 3.8) is 0 Å². The van der Waals surface area contributed by atoms with Crippen molar-refractivity contribution in [2.24, 2.45) is 5.84 Å². The fourth-order valence-corrected chi connectivity index (χ4v) is 1.18. The molecule has 2 aromatic rings. The van der Waals surface area contributed by atoms with Crippen molar-refractivity contribution >= 4 is 11.9 Å². The van der Waals surface area contributed by atoms with Crippen LogP contribution in [0.5, 0.6) is 0 Å². The van der Waals surface area contributed by atoms with Crippen LogP contribution in [0.2, 0.25) is 0 Å². The van der Waals surface area contributed by atoms with E-state index < -0.39 is 12.7 Å². The van der Waals surface area contributed by atoms with Gasteiger partial charge in [0.2, 0.25) is 11.9 Å². The van der Waals surface area contributed by atoms with Crippen molar-refractivity contribution in [2.75, 3.05) is 17.3 Å². The maximum absolute atomic E-state index is 12.1. The van der Waals surface area contributed by atoms with Crippen LogP contribution in [-0.2, 0) is 0 Å². The zero-order valence-electron chi connectivity index (χ0n) is 9.39. The molecule has 0 aliphatic carbocycles. The molecule has 0 bridgehead atoms. The molecule has 0 fully saturated rings. The minimum atomic E-state index is -4.38. The zero-order valence-corrected chi connectivity index (χ0v) is 9.39. The van der Waals surface area contributed by atoms with Crippen LogP contribution in [0.3, 0.4) is 0 Å². The van der Waals surface area contributed by atoms with Gasteiger partial charge in [-0.15, -0.1) is 0 Å². The van der Waals surface area contributed by atoms with Gasteiger partial charge in [-0.3, -0.25) is 5.43 Å². The van der Waals surface area contributed by atoms with Crippen molar-refractivity contribution < 1.29 is 13.2 Å². The quantitative estimate of drug-likeness (QED) is 0.544. The Hall–Kier alpha value is -2.43. The molecule has 2 rings (SSSR count). The largest absolute Gasteiger partial charge is 0.405 e. The molecule has 0 saturated heterocycles. The number of nitrogens with one attached hydrogen (secondary N) is 2. The molecule has 0 saturated carbocycles. The summed E-state index contributed by atoms with van der Waals surface area (Å²) in [7, 11) is 0. The summed E-state index contributed by atoms with van der Waals surface area (Å²) in [6.45, 7) is -1.26. The maximum Gasteiger partial charge on any atom is 0.405 e. The van der Waals surface area contributed by atoms with E-state index >= 15 is 0 Å². The van der Waals surface area contributed by atoms with Crippen LogP contribution in [0, 0.1) is 0 Å². The summed E-state index contributed by atoms with van der Waals surface area (Å²) in [5.74, 6) is 4.84. The van der Waals surface area contributed by atoms with Gasteiger partial charge in [-0.05, 0) is 6.07 Å². The van der Waals surface area contributed by atoms with E-state index in [9.17, 15) is 13.2 Å². The third-order valence-electron chi connectivity index (χ3n) is 1.91. The number of anilines is 2. The third kappa shape index (κ3) is 3.51. The molecule has 0 unspecified atom stereocenters. The second-order valence-electron chi connectivity index (χ2n) is 3.35. The number of hydrogen-bond acceptors (Lipinski definition) is 7. The van der Waals surface area contributed by atoms with E-state index in [0.29, 0.717) is 0 Å². The molecular formula is C8H9F3N8. The molecule has 4 N–H and O–H groups in total. The van der Waals surface area contributed by atoms with E-state index in [-0.39, 0.29) is 17.8 Å². The molecule has 0 aromatic carbocycles. The second-order valence-corrected chi connectivity index (χ2v) is 3.35. The number of rotatable bonds is 4. The zero-order chi connectivity index (χ0) is 13.9. The Morgan fingerprint density at radius 2 is 1.95 bits per heavy atom. The van der Waals surface area contributed by atoms with Gasteiger partial charge in [0.1, 0.15) is 6.54 Å². The van der Waals surface area contributed by atoms with E-state index in [1.54, 1.807) is 6.07 Å². The molecule has 0 radical (unpaired) electrons. The van der Waals surface area contributed by atoms with Crippen LogP contribution in [-0.4, -0.2) is 37.5 Å². The van der Waals surface area contributed by atoms with Gasteiger partial charge < -0.3 is 5.32 Å². The topological polar surface area (TPSA) is 107 Å². The standard InChI is InChI=1S/C8H9F3N8/c9-8(10,11)4-13-5-15-6(18-12)17-7(16-5)19-3-1-2-14-19/h1-3H,4,12H2,(H2,13,15,16,17,18). The molecular weight excluding hydrogens is 265 g/mol. The molecule has 0 atom stereocenters. The molecule has 2 heterocycles. The highest BCUT2D eigenvalue weighted by Crippen LogP contribution is 2.15. The fraction of sp³-hybridized carbons (Fsp3) is 0.250. The lowest BCUT2D eigenvalue weighted by atomic mass is 10.6. The average molecular weight is 274 g/mol. The predicted octanol–water partition coefficient (Wildman–Crippen LogP) is 0.317. The Labute approximate surface area is 104 Å². The first-order valence-corrected chi connectivity index (χ1v) is 5.01. The Balaban J connectivity index is 2.26. The first-order chi connectivity index (χ1) is 8.98. The van der Waals surface area contributed by atoms with Crippen LogP contribution in [0.1, 0.15) is 0 Å². The Kier molecular flexibility index (Phi) is 3.46. The van der Waals surface area contributed by atoms with Crippen molar-refractivity contribution in [1.29, 1.82) is 0 Å². The van der Waals surface area contributed by atoms with E-state index in [4.69, 9.17) is 5.84 Å². The molecule has 0 spiro atoms. The lowest BCUT2D eigenvalue weighted by Crippen LogP contribution is -2.23. The fourth-order valence-electron chi connectivity index (χ4n) is 1.18. The smallest absolute Gasteiger partial charge is 0.345 e. The van der Waals surface area contributed by atoms with Gasteiger partial charge in [-0.25, -0.2) is 10.5 Å². The Morgan fingerprint density at radius 1 is 1.21 bits per heavy atom. The minimum absolute atomic E-state index is 0.0395. The predicted molar refractivity (Wildman–Crippen MR) is 59.3 cm³/mol. The average Bonchev–Trinajstić information content (AvgIpc) is 2.89. The van der Waals surface area contributed by atoms with Crippen LogP contribution in [0.4, 0.5) is 25.1 Å². The van der Waals surface area contributed by atoms with Crippen molar-refractivity contribution in [2.45, 2.75) is 6.18 Å². The number of aromatic nitrogens is 5. The normalized spacial score (nSPS) is 11.4. The summed E-state index contributed by atoms with van der Waals surface area (Å²) >= 11 is 0. The minimum Gasteiger partial charge on any atom is -0.345 e. The maximum atomic E-state index is 12.1. The van der Waals surface area contributed by atoms with E-state index in [1.165, 1.54) is 17.1 Å². The van der Waals surface area contributed by atoms with E-state index in [2.05, 4.69) is 25.5 Å². The number of nitrogens with two attached hydrogens (primary N) is 1. The first kappa shape index (κ1) is 13.0. The van der Waals surface area contributed by atoms with E-state index in [1.807, 2.05) is 5.32 Å². The van der Waals surface area contributed by atoms with Crippen molar-refractivity contribution in [3.8, 4) is 5.95 Å². The highest BCUT2D eigenvalue weighted by molar-refractivity contribution is 5.36. The van der Waals surface area contributed by atoms with Gasteiger partial charge in [-0.2, -0.15) is 33.2 Å². The second kappa shape index (κ2) is 5.06.